The second-order valence-electron chi connectivity index (χ2n) is 5.98. The van der Waals surface area contributed by atoms with Crippen molar-refractivity contribution in [2.75, 3.05) is 0 Å². The molecule has 0 aliphatic rings. The maximum Gasteiger partial charge on any atom is 0.243 e. The molecule has 0 aromatic heterocycles. The number of amides is 3. The lowest BCUT2D eigenvalue weighted by atomic mass is 10.0. The highest BCUT2D eigenvalue weighted by molar-refractivity contribution is 5.91. The van der Waals surface area contributed by atoms with Crippen LogP contribution in [0.2, 0.25) is 0 Å². The van der Waals surface area contributed by atoms with E-state index in [4.69, 9.17) is 5.73 Å². The second-order valence-corrected chi connectivity index (χ2v) is 5.98. The van der Waals surface area contributed by atoms with Crippen LogP contribution in [-0.4, -0.2) is 35.6 Å². The maximum absolute atomic E-state index is 13.3. The molecular weight excluding hydrogens is 341 g/mol. The molecule has 142 valence electrons. The Bertz CT molecular complexity index is 678. The van der Waals surface area contributed by atoms with E-state index in [9.17, 15) is 23.6 Å². The summed E-state index contributed by atoms with van der Waals surface area (Å²) in [6.45, 7) is 2.95. The summed E-state index contributed by atoms with van der Waals surface area (Å²) in [6, 6.07) is 3.62. The van der Waals surface area contributed by atoms with Gasteiger partial charge in [-0.25, -0.2) is 4.39 Å². The van der Waals surface area contributed by atoms with Crippen molar-refractivity contribution in [2.45, 2.75) is 51.6 Å². The fourth-order valence-corrected chi connectivity index (χ4v) is 2.39. The van der Waals surface area contributed by atoms with Crippen molar-refractivity contribution in [2.24, 2.45) is 5.73 Å². The molecule has 1 aromatic rings. The number of hydrogen-bond donors (Lipinski definition) is 3. The first-order valence-electron chi connectivity index (χ1n) is 8.35. The number of Topliss-reactive ketones (excluding diaryl/α,β-unsaturated/α-hetero) is 1. The summed E-state index contributed by atoms with van der Waals surface area (Å²) >= 11 is 0. The van der Waals surface area contributed by atoms with Gasteiger partial charge in [0.25, 0.3) is 0 Å². The Morgan fingerprint density at radius 2 is 1.85 bits per heavy atom. The van der Waals surface area contributed by atoms with E-state index in [2.05, 4.69) is 10.6 Å². The highest BCUT2D eigenvalue weighted by atomic mass is 19.1. The molecule has 0 radical (unpaired) electrons. The Kier molecular flexibility index (Phi) is 8.41. The van der Waals surface area contributed by atoms with Gasteiger partial charge in [0.2, 0.25) is 17.7 Å². The summed E-state index contributed by atoms with van der Waals surface area (Å²) in [6.07, 6.45) is 0.565. The van der Waals surface area contributed by atoms with E-state index in [1.807, 2.05) is 0 Å². The normalized spacial score (nSPS) is 12.7. The SMILES string of the molecule is CCC(=O)CC[C@@H](NC(=O)[C@H](Cc1cccc(F)c1)NC(C)=O)C(N)=O. The molecule has 0 saturated heterocycles. The van der Waals surface area contributed by atoms with E-state index in [1.54, 1.807) is 13.0 Å². The van der Waals surface area contributed by atoms with Gasteiger partial charge in [-0.05, 0) is 24.1 Å². The van der Waals surface area contributed by atoms with Crippen LogP contribution in [0, 0.1) is 5.82 Å². The molecule has 1 rings (SSSR count). The minimum atomic E-state index is -1.03. The molecule has 0 bridgehead atoms. The number of halogens is 1. The molecule has 0 aliphatic heterocycles. The smallest absolute Gasteiger partial charge is 0.243 e. The fourth-order valence-electron chi connectivity index (χ4n) is 2.39. The van der Waals surface area contributed by atoms with Crippen molar-refractivity contribution in [3.8, 4) is 0 Å². The third-order valence-corrected chi connectivity index (χ3v) is 3.79. The molecule has 8 heteroatoms. The molecular formula is C18H24FN3O4. The van der Waals surface area contributed by atoms with Crippen molar-refractivity contribution in [1.29, 1.82) is 0 Å². The highest BCUT2D eigenvalue weighted by Crippen LogP contribution is 2.08. The van der Waals surface area contributed by atoms with E-state index < -0.39 is 35.6 Å². The number of nitrogens with two attached hydrogens (primary N) is 1. The Labute approximate surface area is 151 Å². The van der Waals surface area contributed by atoms with Gasteiger partial charge in [0.1, 0.15) is 23.7 Å². The molecule has 7 nitrogen and oxygen atoms in total. The Morgan fingerprint density at radius 3 is 2.38 bits per heavy atom. The minimum absolute atomic E-state index is 0.0442. The van der Waals surface area contributed by atoms with Crippen LogP contribution in [0.25, 0.3) is 0 Å². The monoisotopic (exact) mass is 365 g/mol. The minimum Gasteiger partial charge on any atom is -0.368 e. The average molecular weight is 365 g/mol. The fraction of sp³-hybridized carbons (Fsp3) is 0.444. The number of primary amides is 1. The lowest BCUT2D eigenvalue weighted by molar-refractivity contribution is -0.131. The van der Waals surface area contributed by atoms with Crippen LogP contribution in [0.1, 0.15) is 38.7 Å². The number of nitrogens with one attached hydrogen (secondary N) is 2. The van der Waals surface area contributed by atoms with Crippen LogP contribution >= 0.6 is 0 Å². The van der Waals surface area contributed by atoms with Gasteiger partial charge in [-0.1, -0.05) is 19.1 Å². The summed E-state index contributed by atoms with van der Waals surface area (Å²) in [7, 11) is 0. The standard InChI is InChI=1S/C18H24FN3O4/c1-3-14(24)7-8-15(17(20)25)22-18(26)16(21-11(2)23)10-12-5-4-6-13(19)9-12/h4-6,9,15-16H,3,7-8,10H2,1-2H3,(H2,20,25)(H,21,23)(H,22,26)/t15-,16+/m1/s1. The van der Waals surface area contributed by atoms with Gasteiger partial charge in [0.15, 0.2) is 0 Å². The Balaban J connectivity index is 2.83. The number of carbonyl (C=O) groups is 4. The lowest BCUT2D eigenvalue weighted by Gasteiger charge is -2.21. The highest BCUT2D eigenvalue weighted by Gasteiger charge is 2.25. The van der Waals surface area contributed by atoms with Crippen molar-refractivity contribution >= 4 is 23.5 Å². The zero-order valence-corrected chi connectivity index (χ0v) is 14.9. The first-order chi connectivity index (χ1) is 12.2. The average Bonchev–Trinajstić information content (AvgIpc) is 2.56. The molecule has 0 unspecified atom stereocenters. The molecule has 0 saturated carbocycles. The van der Waals surface area contributed by atoms with Crippen molar-refractivity contribution in [3.63, 3.8) is 0 Å². The zero-order valence-electron chi connectivity index (χ0n) is 14.9. The molecule has 2 atom stereocenters. The van der Waals surface area contributed by atoms with E-state index >= 15 is 0 Å². The number of benzene rings is 1. The molecule has 0 fully saturated rings. The number of hydrogen-bond acceptors (Lipinski definition) is 4. The van der Waals surface area contributed by atoms with Gasteiger partial charge in [-0.3, -0.25) is 19.2 Å². The van der Waals surface area contributed by atoms with E-state index in [0.29, 0.717) is 12.0 Å². The third-order valence-electron chi connectivity index (χ3n) is 3.79. The van der Waals surface area contributed by atoms with E-state index in [0.717, 1.165) is 0 Å². The lowest BCUT2D eigenvalue weighted by Crippen LogP contribution is -2.53. The molecule has 3 amide bonds. The summed E-state index contributed by atoms with van der Waals surface area (Å²) < 4.78 is 13.3. The molecule has 0 heterocycles. The first kappa shape index (κ1) is 21.3. The topological polar surface area (TPSA) is 118 Å². The summed E-state index contributed by atoms with van der Waals surface area (Å²) in [5, 5.41) is 4.94. The van der Waals surface area contributed by atoms with Crippen molar-refractivity contribution in [1.82, 2.24) is 10.6 Å². The van der Waals surface area contributed by atoms with Crippen LogP contribution in [0.15, 0.2) is 24.3 Å². The predicted octanol–water partition coefficient (Wildman–Crippen LogP) is 0.602. The van der Waals surface area contributed by atoms with Crippen LogP contribution in [0.4, 0.5) is 4.39 Å². The quantitative estimate of drug-likeness (QED) is 0.563. The zero-order chi connectivity index (χ0) is 19.7. The van der Waals surface area contributed by atoms with Gasteiger partial charge >= 0.3 is 0 Å². The number of carbonyl (C=O) groups excluding carboxylic acids is 4. The largest absolute Gasteiger partial charge is 0.368 e. The molecule has 26 heavy (non-hydrogen) atoms. The van der Waals surface area contributed by atoms with Gasteiger partial charge in [-0.15, -0.1) is 0 Å². The summed E-state index contributed by atoms with van der Waals surface area (Å²) in [5.74, 6) is -2.36. The van der Waals surface area contributed by atoms with Crippen LogP contribution in [0.5, 0.6) is 0 Å². The van der Waals surface area contributed by atoms with E-state index in [-0.39, 0.29) is 25.0 Å². The van der Waals surface area contributed by atoms with Crippen LogP contribution < -0.4 is 16.4 Å². The molecule has 1 aromatic carbocycles. The summed E-state index contributed by atoms with van der Waals surface area (Å²) in [5.41, 5.74) is 5.79. The predicted molar refractivity (Wildman–Crippen MR) is 93.4 cm³/mol. The van der Waals surface area contributed by atoms with Gasteiger partial charge in [-0.2, -0.15) is 0 Å². The summed E-state index contributed by atoms with van der Waals surface area (Å²) in [4.78, 5) is 46.8. The van der Waals surface area contributed by atoms with E-state index in [1.165, 1.54) is 25.1 Å². The Hall–Kier alpha value is -2.77. The van der Waals surface area contributed by atoms with Crippen LogP contribution in [-0.2, 0) is 25.6 Å². The number of ketones is 1. The number of rotatable bonds is 10. The maximum atomic E-state index is 13.3. The second kappa shape index (κ2) is 10.3. The van der Waals surface area contributed by atoms with Crippen molar-refractivity contribution in [3.05, 3.63) is 35.6 Å². The van der Waals surface area contributed by atoms with Crippen molar-refractivity contribution < 1.29 is 23.6 Å². The Morgan fingerprint density at radius 1 is 1.15 bits per heavy atom. The van der Waals surface area contributed by atoms with Gasteiger partial charge in [0, 0.05) is 26.2 Å². The molecule has 0 spiro atoms. The first-order valence-corrected chi connectivity index (χ1v) is 8.35. The van der Waals surface area contributed by atoms with Gasteiger partial charge in [0.05, 0.1) is 0 Å². The molecule has 4 N–H and O–H groups in total. The van der Waals surface area contributed by atoms with Gasteiger partial charge < -0.3 is 16.4 Å². The molecule has 0 aliphatic carbocycles. The third kappa shape index (κ3) is 7.42. The van der Waals surface area contributed by atoms with Crippen LogP contribution in [0.3, 0.4) is 0 Å².